The number of amides is 1. The molecule has 1 saturated heterocycles. The second-order valence-electron chi connectivity index (χ2n) is 2.98. The van der Waals surface area contributed by atoms with Gasteiger partial charge < -0.3 is 10.6 Å². The van der Waals surface area contributed by atoms with E-state index >= 15 is 0 Å². The third-order valence-electron chi connectivity index (χ3n) is 2.07. The maximum Gasteiger partial charge on any atom is 0.223 e. The first-order chi connectivity index (χ1) is 5.34. The van der Waals surface area contributed by atoms with Crippen LogP contribution in [-0.2, 0) is 4.79 Å². The van der Waals surface area contributed by atoms with Gasteiger partial charge in [0.15, 0.2) is 0 Å². The van der Waals surface area contributed by atoms with E-state index < -0.39 is 0 Å². The molecule has 0 unspecified atom stereocenters. The van der Waals surface area contributed by atoms with Gasteiger partial charge in [0.05, 0.1) is 0 Å². The zero-order valence-electron chi connectivity index (χ0n) is 7.29. The lowest BCUT2D eigenvalue weighted by atomic mass is 10.1. The summed E-state index contributed by atoms with van der Waals surface area (Å²) in [6.07, 6.45) is 4.11. The quantitative estimate of drug-likeness (QED) is 0.703. The van der Waals surface area contributed by atoms with Gasteiger partial charge in [-0.3, -0.25) is 4.79 Å². The Bertz CT molecular complexity index is 135. The first-order valence-electron chi connectivity index (χ1n) is 4.32. The molecule has 0 radical (unpaired) electrons. The van der Waals surface area contributed by atoms with Crippen molar-refractivity contribution in [2.75, 3.05) is 19.6 Å². The van der Waals surface area contributed by atoms with E-state index in [1.54, 1.807) is 0 Å². The molecule has 0 aromatic carbocycles. The van der Waals surface area contributed by atoms with Gasteiger partial charge in [0, 0.05) is 26.1 Å². The summed E-state index contributed by atoms with van der Waals surface area (Å²) in [7, 11) is 0. The number of carbonyl (C=O) groups excluding carboxylic acids is 1. The first-order valence-corrected chi connectivity index (χ1v) is 4.32. The van der Waals surface area contributed by atoms with E-state index in [2.05, 4.69) is 0 Å². The van der Waals surface area contributed by atoms with Crippen molar-refractivity contribution in [3.63, 3.8) is 0 Å². The van der Waals surface area contributed by atoms with E-state index in [0.29, 0.717) is 13.0 Å². The molecule has 4 heteroatoms. The van der Waals surface area contributed by atoms with Crippen molar-refractivity contribution in [1.29, 1.82) is 0 Å². The monoisotopic (exact) mass is 192 g/mol. The van der Waals surface area contributed by atoms with Crippen LogP contribution in [0.2, 0.25) is 0 Å². The summed E-state index contributed by atoms with van der Waals surface area (Å²) in [5.74, 6) is 0.229. The smallest absolute Gasteiger partial charge is 0.223 e. The van der Waals surface area contributed by atoms with Crippen molar-refractivity contribution in [3.05, 3.63) is 0 Å². The van der Waals surface area contributed by atoms with E-state index in [9.17, 15) is 4.79 Å². The third kappa shape index (κ3) is 3.41. The highest BCUT2D eigenvalue weighted by Crippen LogP contribution is 2.09. The van der Waals surface area contributed by atoms with Gasteiger partial charge in [-0.2, -0.15) is 0 Å². The van der Waals surface area contributed by atoms with Gasteiger partial charge in [0.1, 0.15) is 0 Å². The maximum absolute atomic E-state index is 11.2. The second-order valence-corrected chi connectivity index (χ2v) is 2.98. The Labute approximate surface area is 79.7 Å². The van der Waals surface area contributed by atoms with Gasteiger partial charge >= 0.3 is 0 Å². The minimum atomic E-state index is 0. The molecule has 0 bridgehead atoms. The number of halogens is 1. The van der Waals surface area contributed by atoms with Gasteiger partial charge in [-0.1, -0.05) is 0 Å². The van der Waals surface area contributed by atoms with Crippen molar-refractivity contribution in [2.45, 2.75) is 25.7 Å². The predicted molar refractivity (Wildman–Crippen MR) is 51.4 cm³/mol. The molecule has 0 spiro atoms. The molecular weight excluding hydrogens is 176 g/mol. The summed E-state index contributed by atoms with van der Waals surface area (Å²) in [6.45, 7) is 2.37. The second kappa shape index (κ2) is 6.26. The van der Waals surface area contributed by atoms with Crippen LogP contribution in [0.15, 0.2) is 0 Å². The molecule has 2 N–H and O–H groups in total. The maximum atomic E-state index is 11.2. The Hall–Kier alpha value is -0.280. The molecule has 1 heterocycles. The van der Waals surface area contributed by atoms with E-state index in [0.717, 1.165) is 25.9 Å². The summed E-state index contributed by atoms with van der Waals surface area (Å²) >= 11 is 0. The van der Waals surface area contributed by atoms with Crippen LogP contribution in [0.5, 0.6) is 0 Å². The van der Waals surface area contributed by atoms with Crippen LogP contribution in [0.3, 0.4) is 0 Å². The van der Waals surface area contributed by atoms with Gasteiger partial charge in [-0.05, 0) is 19.3 Å². The van der Waals surface area contributed by atoms with Gasteiger partial charge in [-0.25, -0.2) is 0 Å². The normalized spacial score (nSPS) is 16.9. The Kier molecular flexibility index (Phi) is 6.11. The number of rotatable bonds is 2. The largest absolute Gasteiger partial charge is 0.343 e. The lowest BCUT2D eigenvalue weighted by Crippen LogP contribution is -2.36. The van der Waals surface area contributed by atoms with Crippen molar-refractivity contribution in [1.82, 2.24) is 4.90 Å². The summed E-state index contributed by atoms with van der Waals surface area (Å²) in [4.78, 5) is 13.2. The van der Waals surface area contributed by atoms with Crippen LogP contribution < -0.4 is 5.73 Å². The zero-order valence-corrected chi connectivity index (χ0v) is 8.11. The van der Waals surface area contributed by atoms with Gasteiger partial charge in [-0.15, -0.1) is 12.4 Å². The number of nitrogens with two attached hydrogens (primary N) is 1. The summed E-state index contributed by atoms with van der Waals surface area (Å²) < 4.78 is 0. The topological polar surface area (TPSA) is 46.3 Å². The fraction of sp³-hybridized carbons (Fsp3) is 0.875. The molecule has 0 saturated carbocycles. The SMILES string of the molecule is Cl.NCCC(=O)N1CCCCC1. The van der Waals surface area contributed by atoms with Crippen LogP contribution >= 0.6 is 12.4 Å². The van der Waals surface area contributed by atoms with Crippen LogP contribution in [-0.4, -0.2) is 30.4 Å². The highest BCUT2D eigenvalue weighted by atomic mass is 35.5. The molecule has 0 atom stereocenters. The molecule has 1 aliphatic rings. The molecule has 3 nitrogen and oxygen atoms in total. The molecule has 1 amide bonds. The molecule has 1 fully saturated rings. The van der Waals surface area contributed by atoms with E-state index in [-0.39, 0.29) is 18.3 Å². The van der Waals surface area contributed by atoms with E-state index in [4.69, 9.17) is 5.73 Å². The average molecular weight is 193 g/mol. The molecule has 0 aromatic heterocycles. The Morgan fingerprint density at radius 1 is 1.25 bits per heavy atom. The lowest BCUT2D eigenvalue weighted by molar-refractivity contribution is -0.131. The summed E-state index contributed by atoms with van der Waals surface area (Å²) in [5, 5.41) is 0. The highest BCUT2D eigenvalue weighted by Gasteiger charge is 2.14. The molecule has 1 aliphatic heterocycles. The summed E-state index contributed by atoms with van der Waals surface area (Å²) in [5.41, 5.74) is 5.29. The number of carbonyl (C=O) groups is 1. The van der Waals surface area contributed by atoms with Crippen molar-refractivity contribution in [3.8, 4) is 0 Å². The minimum absolute atomic E-state index is 0. The molecular formula is C8H17ClN2O. The average Bonchev–Trinajstić information content (AvgIpc) is 2.07. The van der Waals surface area contributed by atoms with Crippen LogP contribution in [0.1, 0.15) is 25.7 Å². The third-order valence-corrected chi connectivity index (χ3v) is 2.07. The van der Waals surface area contributed by atoms with Crippen LogP contribution in [0.4, 0.5) is 0 Å². The molecule has 72 valence electrons. The van der Waals surface area contributed by atoms with Crippen LogP contribution in [0, 0.1) is 0 Å². The predicted octanol–water partition coefficient (Wildman–Crippen LogP) is 0.770. The Balaban J connectivity index is 0.00000121. The van der Waals surface area contributed by atoms with Crippen molar-refractivity contribution < 1.29 is 4.79 Å². The molecule has 1 rings (SSSR count). The number of likely N-dealkylation sites (tertiary alicyclic amines) is 1. The highest BCUT2D eigenvalue weighted by molar-refractivity contribution is 5.85. The fourth-order valence-electron chi connectivity index (χ4n) is 1.42. The number of hydrogen-bond donors (Lipinski definition) is 1. The Morgan fingerprint density at radius 2 is 1.83 bits per heavy atom. The zero-order chi connectivity index (χ0) is 8.10. The lowest BCUT2D eigenvalue weighted by Gasteiger charge is -2.26. The number of hydrogen-bond acceptors (Lipinski definition) is 2. The van der Waals surface area contributed by atoms with Crippen LogP contribution in [0.25, 0.3) is 0 Å². The van der Waals surface area contributed by atoms with E-state index in [1.807, 2.05) is 4.90 Å². The van der Waals surface area contributed by atoms with Crippen molar-refractivity contribution >= 4 is 18.3 Å². The van der Waals surface area contributed by atoms with Gasteiger partial charge in [0.25, 0.3) is 0 Å². The van der Waals surface area contributed by atoms with Gasteiger partial charge in [0.2, 0.25) is 5.91 Å². The fourth-order valence-corrected chi connectivity index (χ4v) is 1.42. The Morgan fingerprint density at radius 3 is 2.33 bits per heavy atom. The minimum Gasteiger partial charge on any atom is -0.343 e. The molecule has 0 aliphatic carbocycles. The summed E-state index contributed by atoms with van der Waals surface area (Å²) in [6, 6.07) is 0. The molecule has 12 heavy (non-hydrogen) atoms. The standard InChI is InChI=1S/C8H16N2O.ClH/c9-5-4-8(11)10-6-2-1-3-7-10;/h1-7,9H2;1H. The van der Waals surface area contributed by atoms with E-state index in [1.165, 1.54) is 6.42 Å². The number of piperidine rings is 1. The first kappa shape index (κ1) is 11.7. The number of nitrogens with zero attached hydrogens (tertiary/aromatic N) is 1. The van der Waals surface area contributed by atoms with Crippen molar-refractivity contribution in [2.24, 2.45) is 5.73 Å². The molecule has 0 aromatic rings.